The summed E-state index contributed by atoms with van der Waals surface area (Å²) >= 11 is 5.90. The van der Waals surface area contributed by atoms with Crippen molar-refractivity contribution < 1.29 is 9.90 Å². The van der Waals surface area contributed by atoms with E-state index in [1.54, 1.807) is 24.3 Å². The quantitative estimate of drug-likeness (QED) is 0.899. The molecule has 2 N–H and O–H groups in total. The van der Waals surface area contributed by atoms with Gasteiger partial charge in [0.1, 0.15) is 6.04 Å². The number of nitrogens with one attached hydrogen (secondary N) is 1. The lowest BCUT2D eigenvalue weighted by Crippen LogP contribution is -2.36. The van der Waals surface area contributed by atoms with Crippen LogP contribution in [0.25, 0.3) is 0 Å². The zero-order valence-corrected chi connectivity index (χ0v) is 11.8. The molecule has 1 saturated carbocycles. The monoisotopic (exact) mass is 292 g/mol. The minimum atomic E-state index is -0.687. The summed E-state index contributed by atoms with van der Waals surface area (Å²) in [6, 6.07) is 8.33. The average Bonchev–Trinajstić information content (AvgIpc) is 2.45. The first-order valence-electron chi connectivity index (χ1n) is 6.73. The minimum Gasteiger partial charge on any atom is -0.393 e. The smallest absolute Gasteiger partial charge is 0.224 e. The van der Waals surface area contributed by atoms with Gasteiger partial charge in [-0.15, -0.1) is 0 Å². The zero-order chi connectivity index (χ0) is 14.5. The van der Waals surface area contributed by atoms with E-state index in [1.165, 1.54) is 0 Å². The molecule has 1 aromatic rings. The molecular formula is C15H17ClN2O2. The van der Waals surface area contributed by atoms with E-state index in [1.807, 2.05) is 0 Å². The first-order chi connectivity index (χ1) is 9.60. The molecule has 4 nitrogen and oxygen atoms in total. The molecule has 0 bridgehead atoms. The number of aliphatic hydroxyl groups excluding tert-OH is 1. The van der Waals surface area contributed by atoms with Crippen molar-refractivity contribution >= 4 is 17.5 Å². The summed E-state index contributed by atoms with van der Waals surface area (Å²) in [5.41, 5.74) is 0.684. The molecule has 0 aliphatic heterocycles. The number of halogens is 1. The Morgan fingerprint density at radius 2 is 2.10 bits per heavy atom. The molecule has 1 atom stereocenters. The fourth-order valence-electron chi connectivity index (χ4n) is 2.47. The molecule has 0 spiro atoms. The van der Waals surface area contributed by atoms with E-state index in [0.29, 0.717) is 36.3 Å². The molecule has 1 amide bonds. The molecule has 1 aliphatic carbocycles. The maximum absolute atomic E-state index is 12.2. The van der Waals surface area contributed by atoms with Crippen LogP contribution in [0.1, 0.15) is 37.3 Å². The van der Waals surface area contributed by atoms with Crippen molar-refractivity contribution in [2.24, 2.45) is 5.92 Å². The summed E-state index contributed by atoms with van der Waals surface area (Å²) in [5, 5.41) is 22.0. The predicted molar refractivity (Wildman–Crippen MR) is 75.9 cm³/mol. The van der Waals surface area contributed by atoms with Crippen LogP contribution in [0.2, 0.25) is 5.02 Å². The summed E-state index contributed by atoms with van der Waals surface area (Å²) in [5.74, 6) is -0.239. The van der Waals surface area contributed by atoms with Gasteiger partial charge in [-0.25, -0.2) is 0 Å². The highest BCUT2D eigenvalue weighted by atomic mass is 35.5. The van der Waals surface area contributed by atoms with Crippen molar-refractivity contribution in [1.29, 1.82) is 5.26 Å². The van der Waals surface area contributed by atoms with Crippen molar-refractivity contribution in [2.75, 3.05) is 0 Å². The van der Waals surface area contributed by atoms with Gasteiger partial charge in [-0.2, -0.15) is 5.26 Å². The second-order valence-electron chi connectivity index (χ2n) is 5.13. The highest BCUT2D eigenvalue weighted by Crippen LogP contribution is 2.25. The van der Waals surface area contributed by atoms with Gasteiger partial charge < -0.3 is 10.4 Å². The van der Waals surface area contributed by atoms with Gasteiger partial charge in [-0.3, -0.25) is 4.79 Å². The van der Waals surface area contributed by atoms with Crippen LogP contribution in [0.3, 0.4) is 0 Å². The van der Waals surface area contributed by atoms with E-state index in [-0.39, 0.29) is 17.9 Å². The number of aliphatic hydroxyl groups is 1. The Labute approximate surface area is 123 Å². The van der Waals surface area contributed by atoms with Crippen LogP contribution in [0.5, 0.6) is 0 Å². The highest BCUT2D eigenvalue weighted by Gasteiger charge is 2.27. The van der Waals surface area contributed by atoms with Gasteiger partial charge in [-0.05, 0) is 43.4 Å². The molecule has 0 heterocycles. The maximum Gasteiger partial charge on any atom is 0.224 e. The fraction of sp³-hybridized carbons (Fsp3) is 0.467. The van der Waals surface area contributed by atoms with Gasteiger partial charge in [0.15, 0.2) is 0 Å². The van der Waals surface area contributed by atoms with Crippen molar-refractivity contribution in [1.82, 2.24) is 5.32 Å². The molecule has 0 saturated heterocycles. The number of carbonyl (C=O) groups is 1. The molecule has 0 radical (unpaired) electrons. The Hall–Kier alpha value is -1.57. The highest BCUT2D eigenvalue weighted by molar-refractivity contribution is 6.30. The van der Waals surface area contributed by atoms with E-state index >= 15 is 0 Å². The number of rotatable bonds is 3. The summed E-state index contributed by atoms with van der Waals surface area (Å²) in [6.45, 7) is 0. The molecule has 20 heavy (non-hydrogen) atoms. The molecule has 1 aliphatic rings. The lowest BCUT2D eigenvalue weighted by molar-refractivity contribution is -0.127. The molecule has 106 valence electrons. The molecule has 2 rings (SSSR count). The number of nitrogens with zero attached hydrogens (tertiary/aromatic N) is 1. The van der Waals surface area contributed by atoms with Crippen molar-refractivity contribution in [3.8, 4) is 6.07 Å². The third-order valence-electron chi connectivity index (χ3n) is 3.67. The van der Waals surface area contributed by atoms with Gasteiger partial charge in [0, 0.05) is 10.9 Å². The number of amides is 1. The SMILES string of the molecule is N#C[C@@H](NC(=O)C1CCC(O)CC1)c1cccc(Cl)c1. The lowest BCUT2D eigenvalue weighted by Gasteiger charge is -2.25. The Kier molecular flexibility index (Phi) is 4.99. The first kappa shape index (κ1) is 14.8. The molecule has 0 aromatic heterocycles. The molecule has 1 aromatic carbocycles. The first-order valence-corrected chi connectivity index (χ1v) is 7.11. The number of benzene rings is 1. The van der Waals surface area contributed by atoms with E-state index in [2.05, 4.69) is 11.4 Å². The number of carbonyl (C=O) groups excluding carboxylic acids is 1. The van der Waals surface area contributed by atoms with Gasteiger partial charge in [0.05, 0.1) is 12.2 Å². The summed E-state index contributed by atoms with van der Waals surface area (Å²) in [6.07, 6.45) is 2.33. The van der Waals surface area contributed by atoms with Crippen molar-refractivity contribution in [3.63, 3.8) is 0 Å². The number of hydrogen-bond acceptors (Lipinski definition) is 3. The van der Waals surface area contributed by atoms with Crippen molar-refractivity contribution in [3.05, 3.63) is 34.9 Å². The van der Waals surface area contributed by atoms with Gasteiger partial charge >= 0.3 is 0 Å². The van der Waals surface area contributed by atoms with Crippen LogP contribution in [0, 0.1) is 17.2 Å². The summed E-state index contributed by atoms with van der Waals surface area (Å²) in [4.78, 5) is 12.2. The van der Waals surface area contributed by atoms with Gasteiger partial charge in [-0.1, -0.05) is 23.7 Å². The van der Waals surface area contributed by atoms with E-state index in [4.69, 9.17) is 11.6 Å². The van der Waals surface area contributed by atoms with E-state index in [9.17, 15) is 15.2 Å². The number of nitriles is 1. The van der Waals surface area contributed by atoms with Gasteiger partial charge in [0.25, 0.3) is 0 Å². The van der Waals surface area contributed by atoms with E-state index in [0.717, 1.165) is 0 Å². The molecule has 5 heteroatoms. The maximum atomic E-state index is 12.2. The fourth-order valence-corrected chi connectivity index (χ4v) is 2.67. The lowest BCUT2D eigenvalue weighted by atomic mass is 9.86. The average molecular weight is 293 g/mol. The Bertz CT molecular complexity index is 519. The van der Waals surface area contributed by atoms with Gasteiger partial charge in [0.2, 0.25) is 5.91 Å². The molecule has 0 unspecified atom stereocenters. The summed E-state index contributed by atoms with van der Waals surface area (Å²) in [7, 11) is 0. The van der Waals surface area contributed by atoms with Crippen LogP contribution < -0.4 is 5.32 Å². The largest absolute Gasteiger partial charge is 0.393 e. The second kappa shape index (κ2) is 6.74. The zero-order valence-electron chi connectivity index (χ0n) is 11.1. The Morgan fingerprint density at radius 1 is 1.40 bits per heavy atom. The Morgan fingerprint density at radius 3 is 2.70 bits per heavy atom. The standard InChI is InChI=1S/C15H17ClN2O2/c16-12-3-1-2-11(8-12)14(9-17)18-15(20)10-4-6-13(19)7-5-10/h1-3,8,10,13-14,19H,4-7H2,(H,18,20)/t10?,13?,14-/m1/s1. The topological polar surface area (TPSA) is 73.1 Å². The molecule has 1 fully saturated rings. The number of hydrogen-bond donors (Lipinski definition) is 2. The predicted octanol–water partition coefficient (Wildman–Crippen LogP) is 2.57. The second-order valence-corrected chi connectivity index (χ2v) is 5.57. The van der Waals surface area contributed by atoms with Crippen LogP contribution in [0.15, 0.2) is 24.3 Å². The third kappa shape index (κ3) is 3.72. The van der Waals surface area contributed by atoms with Crippen LogP contribution in [-0.2, 0) is 4.79 Å². The minimum absolute atomic E-state index is 0.117. The van der Waals surface area contributed by atoms with Crippen molar-refractivity contribution in [2.45, 2.75) is 37.8 Å². The van der Waals surface area contributed by atoms with Crippen LogP contribution in [0.4, 0.5) is 0 Å². The van der Waals surface area contributed by atoms with E-state index < -0.39 is 6.04 Å². The molecular weight excluding hydrogens is 276 g/mol. The van der Waals surface area contributed by atoms with Crippen LogP contribution >= 0.6 is 11.6 Å². The normalized spacial score (nSPS) is 23.6. The third-order valence-corrected chi connectivity index (χ3v) is 3.90. The Balaban J connectivity index is 2.00. The van der Waals surface area contributed by atoms with Crippen LogP contribution in [-0.4, -0.2) is 17.1 Å². The summed E-state index contributed by atoms with van der Waals surface area (Å²) < 4.78 is 0.